The molecule has 4 rings (SSSR count). The highest BCUT2D eigenvalue weighted by molar-refractivity contribution is 5.85. The number of pyridine rings is 1. The molecular weight excluding hydrogens is 380 g/mol. The van der Waals surface area contributed by atoms with Crippen LogP contribution in [0, 0.1) is 6.92 Å². The molecule has 2 atom stereocenters. The number of nitrogens with zero attached hydrogens (tertiary/aromatic N) is 4. The van der Waals surface area contributed by atoms with Crippen LogP contribution in [-0.4, -0.2) is 57.9 Å². The van der Waals surface area contributed by atoms with Gasteiger partial charge in [0.25, 0.3) is 5.92 Å². The topological polar surface area (TPSA) is 80.2 Å². The Morgan fingerprint density at radius 3 is 2.76 bits per heavy atom. The van der Waals surface area contributed by atoms with E-state index >= 15 is 0 Å². The summed E-state index contributed by atoms with van der Waals surface area (Å²) in [5.41, 5.74) is 1.56. The minimum Gasteiger partial charge on any atom is -0.476 e. The zero-order valence-electron chi connectivity index (χ0n) is 16.1. The summed E-state index contributed by atoms with van der Waals surface area (Å²) in [6, 6.07) is 3.33. The predicted molar refractivity (Wildman–Crippen MR) is 101 cm³/mol. The molecule has 0 spiro atoms. The number of nitrogens with one attached hydrogen (secondary N) is 1. The number of carbonyl (C=O) groups is 1. The second kappa shape index (κ2) is 7.98. The molecule has 9 heteroatoms. The molecule has 0 aliphatic carbocycles. The first-order valence-electron chi connectivity index (χ1n) is 9.69. The summed E-state index contributed by atoms with van der Waals surface area (Å²) in [6.45, 7) is 2.81. The number of aryl methyl sites for hydroxylation is 1. The largest absolute Gasteiger partial charge is 0.476 e. The third-order valence-electron chi connectivity index (χ3n) is 5.50. The van der Waals surface area contributed by atoms with Gasteiger partial charge in [0.05, 0.1) is 6.04 Å². The standard InChI is InChI=1S/C20H23F2N5O2/c1-13-24-9-14(10-25-13)17(27-7-4-20(21,22)5-8-27)11-26-18(28)16-12-29-19-15(16)3-2-6-23-19/h2-3,6,9-10,16-17H,4-5,7-8,11-12H2,1H3,(H,26,28)/t16-,17-/m1/s1. The quantitative estimate of drug-likeness (QED) is 0.825. The van der Waals surface area contributed by atoms with Crippen LogP contribution < -0.4 is 10.1 Å². The Hall–Kier alpha value is -2.68. The van der Waals surface area contributed by atoms with Gasteiger partial charge in [0.2, 0.25) is 11.8 Å². The molecule has 4 heterocycles. The van der Waals surface area contributed by atoms with Crippen molar-refractivity contribution in [3.63, 3.8) is 0 Å². The molecule has 0 aromatic carbocycles. The lowest BCUT2D eigenvalue weighted by molar-refractivity contribution is -0.123. The van der Waals surface area contributed by atoms with Crippen molar-refractivity contribution in [1.29, 1.82) is 0 Å². The zero-order valence-corrected chi connectivity index (χ0v) is 16.1. The smallest absolute Gasteiger partial charge is 0.250 e. The first kappa shape index (κ1) is 19.6. The first-order chi connectivity index (χ1) is 13.9. The van der Waals surface area contributed by atoms with E-state index < -0.39 is 11.8 Å². The molecule has 1 fully saturated rings. The van der Waals surface area contributed by atoms with Gasteiger partial charge in [-0.1, -0.05) is 6.07 Å². The second-order valence-corrected chi connectivity index (χ2v) is 7.48. The van der Waals surface area contributed by atoms with E-state index in [2.05, 4.69) is 20.3 Å². The van der Waals surface area contributed by atoms with Gasteiger partial charge in [-0.25, -0.2) is 23.7 Å². The van der Waals surface area contributed by atoms with E-state index in [0.29, 0.717) is 11.7 Å². The van der Waals surface area contributed by atoms with E-state index in [-0.39, 0.29) is 51.0 Å². The summed E-state index contributed by atoms with van der Waals surface area (Å²) in [5.74, 6) is -2.12. The van der Waals surface area contributed by atoms with Crippen LogP contribution in [0.25, 0.3) is 0 Å². The van der Waals surface area contributed by atoms with Crippen LogP contribution in [0.4, 0.5) is 8.78 Å². The Balaban J connectivity index is 1.47. The first-order valence-corrected chi connectivity index (χ1v) is 9.69. The van der Waals surface area contributed by atoms with Gasteiger partial charge in [-0.2, -0.15) is 0 Å². The molecular formula is C20H23F2N5O2. The number of piperidine rings is 1. The molecule has 2 aromatic rings. The number of ether oxygens (including phenoxy) is 1. The Morgan fingerprint density at radius 2 is 2.03 bits per heavy atom. The van der Waals surface area contributed by atoms with Crippen molar-refractivity contribution in [2.24, 2.45) is 0 Å². The number of fused-ring (bicyclic) bond motifs is 1. The molecule has 154 valence electrons. The van der Waals surface area contributed by atoms with Crippen LogP contribution in [0.5, 0.6) is 5.88 Å². The van der Waals surface area contributed by atoms with Crippen LogP contribution in [-0.2, 0) is 4.79 Å². The van der Waals surface area contributed by atoms with Gasteiger partial charge in [-0.15, -0.1) is 0 Å². The maximum atomic E-state index is 13.6. The second-order valence-electron chi connectivity index (χ2n) is 7.48. The third-order valence-corrected chi connectivity index (χ3v) is 5.50. The SMILES string of the molecule is Cc1ncc([C@@H](CNC(=O)[C@@H]2COc3ncccc32)N2CCC(F)(F)CC2)cn1. The summed E-state index contributed by atoms with van der Waals surface area (Å²) in [7, 11) is 0. The summed E-state index contributed by atoms with van der Waals surface area (Å²) in [6.07, 6.45) is 4.63. The van der Waals surface area contributed by atoms with Crippen molar-refractivity contribution in [3.05, 3.63) is 47.7 Å². The number of halogens is 2. The van der Waals surface area contributed by atoms with Gasteiger partial charge >= 0.3 is 0 Å². The van der Waals surface area contributed by atoms with Crippen LogP contribution in [0.2, 0.25) is 0 Å². The fraction of sp³-hybridized carbons (Fsp3) is 0.500. The predicted octanol–water partition coefficient (Wildman–Crippen LogP) is 2.24. The monoisotopic (exact) mass is 403 g/mol. The highest BCUT2D eigenvalue weighted by Crippen LogP contribution is 2.33. The van der Waals surface area contributed by atoms with Crippen molar-refractivity contribution in [3.8, 4) is 5.88 Å². The van der Waals surface area contributed by atoms with E-state index in [1.807, 2.05) is 11.0 Å². The normalized spacial score (nSPS) is 21.8. The molecule has 29 heavy (non-hydrogen) atoms. The lowest BCUT2D eigenvalue weighted by atomic mass is 10.00. The fourth-order valence-electron chi connectivity index (χ4n) is 3.77. The highest BCUT2D eigenvalue weighted by atomic mass is 19.3. The van der Waals surface area contributed by atoms with E-state index in [4.69, 9.17) is 4.74 Å². The molecule has 0 bridgehead atoms. The lowest BCUT2D eigenvalue weighted by Crippen LogP contribution is -2.45. The van der Waals surface area contributed by atoms with Crippen LogP contribution in [0.1, 0.15) is 41.8 Å². The third kappa shape index (κ3) is 4.34. The number of rotatable bonds is 5. The minimum atomic E-state index is -2.63. The van der Waals surface area contributed by atoms with Crippen molar-refractivity contribution in [2.45, 2.75) is 37.6 Å². The average Bonchev–Trinajstić information content (AvgIpc) is 3.14. The van der Waals surface area contributed by atoms with E-state index in [9.17, 15) is 13.6 Å². The number of hydrogen-bond acceptors (Lipinski definition) is 6. The highest BCUT2D eigenvalue weighted by Gasteiger charge is 2.37. The molecule has 1 N–H and O–H groups in total. The summed E-state index contributed by atoms with van der Waals surface area (Å²) >= 11 is 0. The van der Waals surface area contributed by atoms with Gasteiger partial charge in [0, 0.05) is 62.2 Å². The lowest BCUT2D eigenvalue weighted by Gasteiger charge is -2.37. The van der Waals surface area contributed by atoms with Gasteiger partial charge in [0.15, 0.2) is 0 Å². The molecule has 2 aliphatic heterocycles. The summed E-state index contributed by atoms with van der Waals surface area (Å²) in [4.78, 5) is 27.4. The Bertz CT molecular complexity index is 867. The summed E-state index contributed by atoms with van der Waals surface area (Å²) in [5, 5.41) is 2.97. The van der Waals surface area contributed by atoms with E-state index in [1.165, 1.54) is 0 Å². The minimum absolute atomic E-state index is 0.169. The number of likely N-dealkylation sites (tertiary alicyclic amines) is 1. The number of aromatic nitrogens is 3. The Labute approximate surface area is 167 Å². The fourth-order valence-corrected chi connectivity index (χ4v) is 3.77. The Kier molecular flexibility index (Phi) is 5.40. The van der Waals surface area contributed by atoms with Crippen molar-refractivity contribution >= 4 is 5.91 Å². The molecule has 7 nitrogen and oxygen atoms in total. The maximum Gasteiger partial charge on any atom is 0.250 e. The molecule has 0 unspecified atom stereocenters. The molecule has 0 radical (unpaired) electrons. The van der Waals surface area contributed by atoms with Gasteiger partial charge in [-0.3, -0.25) is 9.69 Å². The summed E-state index contributed by atoms with van der Waals surface area (Å²) < 4.78 is 32.7. The molecule has 1 saturated heterocycles. The van der Waals surface area contributed by atoms with Gasteiger partial charge in [-0.05, 0) is 13.0 Å². The van der Waals surface area contributed by atoms with E-state index in [1.54, 1.807) is 31.6 Å². The van der Waals surface area contributed by atoms with Crippen LogP contribution in [0.3, 0.4) is 0 Å². The zero-order chi connectivity index (χ0) is 20.4. The van der Waals surface area contributed by atoms with Crippen LogP contribution in [0.15, 0.2) is 30.7 Å². The van der Waals surface area contributed by atoms with Gasteiger partial charge < -0.3 is 10.1 Å². The number of amides is 1. The average molecular weight is 403 g/mol. The molecule has 2 aromatic heterocycles. The van der Waals surface area contributed by atoms with Gasteiger partial charge in [0.1, 0.15) is 18.3 Å². The van der Waals surface area contributed by atoms with Crippen molar-refractivity contribution < 1.29 is 18.3 Å². The molecule has 0 saturated carbocycles. The maximum absolute atomic E-state index is 13.6. The number of carbonyl (C=O) groups excluding carboxylic acids is 1. The van der Waals surface area contributed by atoms with E-state index in [0.717, 1.165) is 11.1 Å². The van der Waals surface area contributed by atoms with Crippen molar-refractivity contribution in [1.82, 2.24) is 25.2 Å². The number of hydrogen-bond donors (Lipinski definition) is 1. The molecule has 2 aliphatic rings. The van der Waals surface area contributed by atoms with Crippen LogP contribution >= 0.6 is 0 Å². The number of alkyl halides is 2. The van der Waals surface area contributed by atoms with Crippen molar-refractivity contribution in [2.75, 3.05) is 26.2 Å². The molecule has 1 amide bonds. The Morgan fingerprint density at radius 1 is 1.31 bits per heavy atom.